The summed E-state index contributed by atoms with van der Waals surface area (Å²) in [7, 11) is 0. The lowest BCUT2D eigenvalue weighted by molar-refractivity contribution is 0.0918. The van der Waals surface area contributed by atoms with Crippen LogP contribution in [0.25, 0.3) is 5.57 Å². The van der Waals surface area contributed by atoms with Crippen LogP contribution < -0.4 is 5.32 Å². The van der Waals surface area contributed by atoms with Crippen molar-refractivity contribution in [3.05, 3.63) is 88.1 Å². The average molecular weight is 410 g/mol. The summed E-state index contributed by atoms with van der Waals surface area (Å²) in [5.74, 6) is 0.0360. The number of benzene rings is 2. The summed E-state index contributed by atoms with van der Waals surface area (Å²) >= 11 is 6.16. The van der Waals surface area contributed by atoms with E-state index in [0.717, 1.165) is 28.7 Å². The summed E-state index contributed by atoms with van der Waals surface area (Å²) in [6.45, 7) is 4.61. The lowest BCUT2D eigenvalue weighted by Gasteiger charge is -2.12. The average Bonchev–Trinajstić information content (AvgIpc) is 3.18. The molecule has 6 heteroatoms. The SMILES string of the molecule is CC/C=C(/CCNC(=O)c1nnc(Cc2ccccc2)o1)c1cc(Cl)ccc1C. The molecule has 0 saturated carbocycles. The minimum Gasteiger partial charge on any atom is -0.417 e. The first-order valence-corrected chi connectivity index (χ1v) is 10.0. The van der Waals surface area contributed by atoms with E-state index in [4.69, 9.17) is 16.0 Å². The number of amides is 1. The third-order valence-electron chi connectivity index (χ3n) is 4.54. The van der Waals surface area contributed by atoms with Crippen LogP contribution in [0.1, 0.15) is 53.0 Å². The fourth-order valence-electron chi connectivity index (χ4n) is 3.11. The molecule has 0 bridgehead atoms. The van der Waals surface area contributed by atoms with Crippen LogP contribution in [0.4, 0.5) is 0 Å². The quantitative estimate of drug-likeness (QED) is 0.552. The zero-order valence-electron chi connectivity index (χ0n) is 16.6. The van der Waals surface area contributed by atoms with E-state index in [-0.39, 0.29) is 11.8 Å². The monoisotopic (exact) mass is 409 g/mol. The predicted molar refractivity (Wildman–Crippen MR) is 115 cm³/mol. The second-order valence-electron chi connectivity index (χ2n) is 6.77. The van der Waals surface area contributed by atoms with E-state index >= 15 is 0 Å². The van der Waals surface area contributed by atoms with Gasteiger partial charge in [-0.3, -0.25) is 4.79 Å². The Bertz CT molecular complexity index is 996. The fourth-order valence-corrected chi connectivity index (χ4v) is 3.28. The predicted octanol–water partition coefficient (Wildman–Crippen LogP) is 5.24. The molecule has 1 aromatic heterocycles. The van der Waals surface area contributed by atoms with Gasteiger partial charge >= 0.3 is 11.8 Å². The number of aromatic nitrogens is 2. The standard InChI is InChI=1S/C23H24ClN3O2/c1-3-7-18(20-15-19(24)11-10-16(20)2)12-13-25-22(28)23-27-26-21(29-23)14-17-8-5-4-6-9-17/h4-11,15H,3,12-14H2,1-2H3,(H,25,28)/b18-7-. The molecule has 0 saturated heterocycles. The van der Waals surface area contributed by atoms with E-state index < -0.39 is 0 Å². The summed E-state index contributed by atoms with van der Waals surface area (Å²) in [6, 6.07) is 15.6. The normalized spacial score (nSPS) is 11.5. The maximum atomic E-state index is 12.4. The van der Waals surface area contributed by atoms with Crippen molar-refractivity contribution in [1.29, 1.82) is 0 Å². The summed E-state index contributed by atoms with van der Waals surface area (Å²) in [5.41, 5.74) is 4.47. The maximum Gasteiger partial charge on any atom is 0.308 e. The molecule has 0 spiro atoms. The number of rotatable bonds is 8. The Labute approximate surface area is 175 Å². The van der Waals surface area contributed by atoms with Crippen molar-refractivity contribution >= 4 is 23.1 Å². The highest BCUT2D eigenvalue weighted by Gasteiger charge is 2.15. The Kier molecular flexibility index (Phi) is 7.19. The number of hydrogen-bond acceptors (Lipinski definition) is 4. The third kappa shape index (κ3) is 5.78. The Balaban J connectivity index is 1.58. The van der Waals surface area contributed by atoms with Crippen LogP contribution in [0.5, 0.6) is 0 Å². The first-order valence-electron chi connectivity index (χ1n) is 9.67. The second kappa shape index (κ2) is 10.0. The molecule has 3 rings (SSSR count). The van der Waals surface area contributed by atoms with Gasteiger partial charge in [-0.2, -0.15) is 0 Å². The van der Waals surface area contributed by atoms with Crippen LogP contribution in [-0.2, 0) is 6.42 Å². The van der Waals surface area contributed by atoms with Gasteiger partial charge in [0.05, 0.1) is 6.42 Å². The summed E-state index contributed by atoms with van der Waals surface area (Å²) in [4.78, 5) is 12.4. The van der Waals surface area contributed by atoms with E-state index in [1.54, 1.807) is 0 Å². The highest BCUT2D eigenvalue weighted by atomic mass is 35.5. The number of aryl methyl sites for hydroxylation is 1. The summed E-state index contributed by atoms with van der Waals surface area (Å²) in [6.07, 6.45) is 4.25. The summed E-state index contributed by atoms with van der Waals surface area (Å²) in [5, 5.41) is 11.4. The smallest absolute Gasteiger partial charge is 0.308 e. The van der Waals surface area contributed by atoms with Crippen LogP contribution in [0.15, 0.2) is 59.0 Å². The molecule has 29 heavy (non-hydrogen) atoms. The molecule has 0 aliphatic heterocycles. The largest absolute Gasteiger partial charge is 0.417 e. The minimum absolute atomic E-state index is 0.0177. The molecule has 1 heterocycles. The van der Waals surface area contributed by atoms with Gasteiger partial charge in [-0.15, -0.1) is 10.2 Å². The molecule has 3 aromatic rings. The highest BCUT2D eigenvalue weighted by Crippen LogP contribution is 2.25. The Morgan fingerprint density at radius 3 is 2.72 bits per heavy atom. The molecule has 0 unspecified atom stereocenters. The van der Waals surface area contributed by atoms with Gasteiger partial charge in [0.1, 0.15) is 0 Å². The van der Waals surface area contributed by atoms with Crippen molar-refractivity contribution in [1.82, 2.24) is 15.5 Å². The lowest BCUT2D eigenvalue weighted by Crippen LogP contribution is -2.25. The molecule has 150 valence electrons. The zero-order valence-corrected chi connectivity index (χ0v) is 17.4. The van der Waals surface area contributed by atoms with Crippen LogP contribution in [0, 0.1) is 6.92 Å². The van der Waals surface area contributed by atoms with Crippen LogP contribution in [-0.4, -0.2) is 22.6 Å². The van der Waals surface area contributed by atoms with Crippen LogP contribution in [0.3, 0.4) is 0 Å². The molecule has 0 aliphatic carbocycles. The van der Waals surface area contributed by atoms with Gasteiger partial charge in [0.25, 0.3) is 0 Å². The zero-order chi connectivity index (χ0) is 20.6. The first-order chi connectivity index (χ1) is 14.1. The molecular weight excluding hydrogens is 386 g/mol. The molecule has 5 nitrogen and oxygen atoms in total. The van der Waals surface area contributed by atoms with Crippen molar-refractivity contribution in [2.45, 2.75) is 33.1 Å². The van der Waals surface area contributed by atoms with Crippen molar-refractivity contribution in [3.8, 4) is 0 Å². The number of carbonyl (C=O) groups is 1. The number of hydrogen-bond donors (Lipinski definition) is 1. The van der Waals surface area contributed by atoms with Gasteiger partial charge in [-0.05, 0) is 54.2 Å². The van der Waals surface area contributed by atoms with E-state index in [2.05, 4.69) is 35.4 Å². The van der Waals surface area contributed by atoms with Crippen molar-refractivity contribution in [2.75, 3.05) is 6.54 Å². The maximum absolute atomic E-state index is 12.4. The van der Waals surface area contributed by atoms with E-state index in [0.29, 0.717) is 30.3 Å². The number of nitrogens with one attached hydrogen (secondary N) is 1. The molecule has 0 atom stereocenters. The van der Waals surface area contributed by atoms with Gasteiger partial charge in [0.2, 0.25) is 5.89 Å². The Morgan fingerprint density at radius 2 is 1.97 bits per heavy atom. The molecule has 2 aromatic carbocycles. The number of carbonyl (C=O) groups excluding carboxylic acids is 1. The van der Waals surface area contributed by atoms with Crippen molar-refractivity contribution in [2.24, 2.45) is 0 Å². The van der Waals surface area contributed by atoms with Gasteiger partial charge < -0.3 is 9.73 Å². The fraction of sp³-hybridized carbons (Fsp3) is 0.261. The van der Waals surface area contributed by atoms with E-state index in [9.17, 15) is 4.79 Å². The first kappa shape index (κ1) is 20.8. The van der Waals surface area contributed by atoms with E-state index in [1.807, 2.05) is 48.5 Å². The van der Waals surface area contributed by atoms with Gasteiger partial charge in [-0.1, -0.05) is 61.0 Å². The molecule has 0 aliphatic rings. The molecule has 1 N–H and O–H groups in total. The molecule has 1 amide bonds. The van der Waals surface area contributed by atoms with Crippen molar-refractivity contribution < 1.29 is 9.21 Å². The number of allylic oxidation sites excluding steroid dienone is 1. The van der Waals surface area contributed by atoms with Gasteiger partial charge in [0, 0.05) is 11.6 Å². The number of halogens is 1. The van der Waals surface area contributed by atoms with Crippen LogP contribution >= 0.6 is 11.6 Å². The Hall–Kier alpha value is -2.92. The van der Waals surface area contributed by atoms with Gasteiger partial charge in [-0.25, -0.2) is 0 Å². The second-order valence-corrected chi connectivity index (χ2v) is 7.20. The lowest BCUT2D eigenvalue weighted by atomic mass is 9.97. The highest BCUT2D eigenvalue weighted by molar-refractivity contribution is 6.30. The van der Waals surface area contributed by atoms with E-state index in [1.165, 1.54) is 0 Å². The number of nitrogens with zero attached hydrogens (tertiary/aromatic N) is 2. The Morgan fingerprint density at radius 1 is 1.17 bits per heavy atom. The molecular formula is C23H24ClN3O2. The van der Waals surface area contributed by atoms with Crippen molar-refractivity contribution in [3.63, 3.8) is 0 Å². The minimum atomic E-state index is -0.365. The topological polar surface area (TPSA) is 68.0 Å². The molecule has 0 fully saturated rings. The third-order valence-corrected chi connectivity index (χ3v) is 4.77. The van der Waals surface area contributed by atoms with Gasteiger partial charge in [0.15, 0.2) is 0 Å². The van der Waals surface area contributed by atoms with Crippen LogP contribution in [0.2, 0.25) is 5.02 Å². The summed E-state index contributed by atoms with van der Waals surface area (Å²) < 4.78 is 5.51. The molecule has 0 radical (unpaired) electrons.